The van der Waals surface area contributed by atoms with Crippen molar-refractivity contribution in [3.8, 4) is 0 Å². The van der Waals surface area contributed by atoms with Gasteiger partial charge < -0.3 is 5.73 Å². The van der Waals surface area contributed by atoms with Crippen LogP contribution in [-0.2, 0) is 0 Å². The molecule has 1 fully saturated rings. The minimum Gasteiger partial charge on any atom is -0.327 e. The maximum absolute atomic E-state index is 12.6. The molecule has 0 amide bonds. The molecule has 0 aliphatic heterocycles. The second kappa shape index (κ2) is 2.51. The summed E-state index contributed by atoms with van der Waals surface area (Å²) in [6.07, 6.45) is 1.25. The molecular weight excluding hydrogens is 167 g/mol. The number of hydrogen-bond donors (Lipinski definition) is 1. The molecule has 2 rings (SSSR count). The lowest BCUT2D eigenvalue weighted by Crippen LogP contribution is -2.06. The van der Waals surface area contributed by atoms with E-state index in [1.54, 1.807) is 6.07 Å². The molecule has 1 saturated carbocycles. The van der Waals surface area contributed by atoms with Gasteiger partial charge in [-0.2, -0.15) is 0 Å². The van der Waals surface area contributed by atoms with Gasteiger partial charge in [0.05, 0.1) is 6.20 Å². The molecule has 70 valence electrons. The molecule has 1 aromatic rings. The first-order valence-corrected chi connectivity index (χ1v) is 4.40. The van der Waals surface area contributed by atoms with E-state index in [4.69, 9.17) is 5.73 Å². The highest BCUT2D eigenvalue weighted by Gasteiger charge is 2.56. The SMILES string of the molecule is CC1(C)C(N)C1c1ccc(F)cn1. The van der Waals surface area contributed by atoms with Crippen LogP contribution in [0.1, 0.15) is 25.5 Å². The average Bonchev–Trinajstić information content (AvgIpc) is 2.55. The van der Waals surface area contributed by atoms with Crippen molar-refractivity contribution in [3.63, 3.8) is 0 Å². The highest BCUT2D eigenvalue weighted by molar-refractivity contribution is 5.28. The fourth-order valence-corrected chi connectivity index (χ4v) is 1.81. The summed E-state index contributed by atoms with van der Waals surface area (Å²) >= 11 is 0. The van der Waals surface area contributed by atoms with E-state index in [9.17, 15) is 4.39 Å². The summed E-state index contributed by atoms with van der Waals surface area (Å²) in [5, 5.41) is 0. The monoisotopic (exact) mass is 180 g/mol. The molecule has 2 atom stereocenters. The van der Waals surface area contributed by atoms with E-state index in [0.29, 0.717) is 0 Å². The van der Waals surface area contributed by atoms with Crippen molar-refractivity contribution < 1.29 is 4.39 Å². The zero-order valence-electron chi connectivity index (χ0n) is 7.79. The third-order valence-corrected chi connectivity index (χ3v) is 2.98. The van der Waals surface area contributed by atoms with E-state index in [-0.39, 0.29) is 23.2 Å². The molecule has 2 unspecified atom stereocenters. The van der Waals surface area contributed by atoms with E-state index >= 15 is 0 Å². The maximum Gasteiger partial charge on any atom is 0.141 e. The van der Waals surface area contributed by atoms with Crippen molar-refractivity contribution >= 4 is 0 Å². The number of nitrogens with zero attached hydrogens (tertiary/aromatic N) is 1. The van der Waals surface area contributed by atoms with Gasteiger partial charge in [-0.15, -0.1) is 0 Å². The molecule has 1 heterocycles. The van der Waals surface area contributed by atoms with Gasteiger partial charge in [0.15, 0.2) is 0 Å². The number of rotatable bonds is 1. The lowest BCUT2D eigenvalue weighted by molar-refractivity contribution is 0.590. The minimum atomic E-state index is -0.296. The summed E-state index contributed by atoms with van der Waals surface area (Å²) in [6, 6.07) is 3.31. The van der Waals surface area contributed by atoms with E-state index in [1.165, 1.54) is 12.3 Å². The zero-order chi connectivity index (χ0) is 9.64. The van der Waals surface area contributed by atoms with Gasteiger partial charge in [-0.25, -0.2) is 4.39 Å². The summed E-state index contributed by atoms with van der Waals surface area (Å²) in [5.74, 6) is -0.0103. The number of hydrogen-bond acceptors (Lipinski definition) is 2. The third kappa shape index (κ3) is 1.23. The van der Waals surface area contributed by atoms with Crippen LogP contribution in [0.25, 0.3) is 0 Å². The standard InChI is InChI=1S/C10H13FN2/c1-10(2)8(9(10)12)7-4-3-6(11)5-13-7/h3-5,8-9H,12H2,1-2H3. The molecule has 2 nitrogen and oxygen atoms in total. The Kier molecular flexibility index (Phi) is 1.67. The Hall–Kier alpha value is -0.960. The lowest BCUT2D eigenvalue weighted by Gasteiger charge is -2.00. The highest BCUT2D eigenvalue weighted by Crippen LogP contribution is 2.56. The van der Waals surface area contributed by atoms with Crippen LogP contribution in [0, 0.1) is 11.2 Å². The molecule has 2 N–H and O–H groups in total. The Morgan fingerprint density at radius 1 is 1.46 bits per heavy atom. The van der Waals surface area contributed by atoms with E-state index in [0.717, 1.165) is 5.69 Å². The summed E-state index contributed by atoms with van der Waals surface area (Å²) in [7, 11) is 0. The fraction of sp³-hybridized carbons (Fsp3) is 0.500. The van der Waals surface area contributed by atoms with Crippen LogP contribution >= 0.6 is 0 Å². The summed E-state index contributed by atoms with van der Waals surface area (Å²) in [5.41, 5.74) is 6.90. The van der Waals surface area contributed by atoms with Gasteiger partial charge in [0.2, 0.25) is 0 Å². The van der Waals surface area contributed by atoms with Gasteiger partial charge >= 0.3 is 0 Å². The Labute approximate surface area is 77.0 Å². The van der Waals surface area contributed by atoms with E-state index in [2.05, 4.69) is 18.8 Å². The molecule has 0 aromatic carbocycles. The molecule has 0 bridgehead atoms. The molecular formula is C10H13FN2. The first-order valence-electron chi connectivity index (χ1n) is 4.40. The fourth-order valence-electron chi connectivity index (χ4n) is 1.81. The van der Waals surface area contributed by atoms with Crippen LogP contribution in [-0.4, -0.2) is 11.0 Å². The van der Waals surface area contributed by atoms with Gasteiger partial charge in [-0.05, 0) is 17.5 Å². The largest absolute Gasteiger partial charge is 0.327 e. The van der Waals surface area contributed by atoms with Crippen molar-refractivity contribution in [3.05, 3.63) is 29.8 Å². The second-order valence-electron chi connectivity index (χ2n) is 4.23. The maximum atomic E-state index is 12.6. The van der Waals surface area contributed by atoms with Gasteiger partial charge in [0.25, 0.3) is 0 Å². The van der Waals surface area contributed by atoms with Crippen LogP contribution in [0.15, 0.2) is 18.3 Å². The van der Waals surface area contributed by atoms with Gasteiger partial charge in [-0.1, -0.05) is 13.8 Å². The van der Waals surface area contributed by atoms with Crippen LogP contribution < -0.4 is 5.73 Å². The number of pyridine rings is 1. The number of halogens is 1. The zero-order valence-corrected chi connectivity index (χ0v) is 7.79. The van der Waals surface area contributed by atoms with Crippen LogP contribution in [0.2, 0.25) is 0 Å². The van der Waals surface area contributed by atoms with Crippen molar-refractivity contribution in [2.24, 2.45) is 11.1 Å². The van der Waals surface area contributed by atoms with Crippen molar-refractivity contribution in [1.82, 2.24) is 4.98 Å². The third-order valence-electron chi connectivity index (χ3n) is 2.98. The predicted molar refractivity (Wildman–Crippen MR) is 48.7 cm³/mol. The highest BCUT2D eigenvalue weighted by atomic mass is 19.1. The van der Waals surface area contributed by atoms with Crippen molar-refractivity contribution in [1.29, 1.82) is 0 Å². The molecule has 1 aliphatic rings. The predicted octanol–water partition coefficient (Wildman–Crippen LogP) is 1.67. The number of aromatic nitrogens is 1. The lowest BCUT2D eigenvalue weighted by atomic mass is 10.1. The smallest absolute Gasteiger partial charge is 0.141 e. The summed E-state index contributed by atoms with van der Waals surface area (Å²) in [6.45, 7) is 4.21. The van der Waals surface area contributed by atoms with Crippen LogP contribution in [0.5, 0.6) is 0 Å². The van der Waals surface area contributed by atoms with Gasteiger partial charge in [0.1, 0.15) is 5.82 Å². The first kappa shape index (κ1) is 8.63. The minimum absolute atomic E-state index is 0.116. The summed E-state index contributed by atoms with van der Waals surface area (Å²) in [4.78, 5) is 4.03. The van der Waals surface area contributed by atoms with Crippen molar-refractivity contribution in [2.75, 3.05) is 0 Å². The van der Waals surface area contributed by atoms with Crippen molar-refractivity contribution in [2.45, 2.75) is 25.8 Å². The Bertz CT molecular complexity index is 318. The molecule has 0 saturated heterocycles. The van der Waals surface area contributed by atoms with Gasteiger partial charge in [-0.3, -0.25) is 4.98 Å². The molecule has 13 heavy (non-hydrogen) atoms. The van der Waals surface area contributed by atoms with Gasteiger partial charge in [0, 0.05) is 17.7 Å². The molecule has 0 radical (unpaired) electrons. The first-order chi connectivity index (χ1) is 6.03. The molecule has 3 heteroatoms. The van der Waals surface area contributed by atoms with E-state index < -0.39 is 0 Å². The molecule has 1 aliphatic carbocycles. The average molecular weight is 180 g/mol. The normalized spacial score (nSPS) is 30.2. The molecule has 1 aromatic heterocycles. The van der Waals surface area contributed by atoms with Crippen LogP contribution in [0.4, 0.5) is 4.39 Å². The summed E-state index contributed by atoms with van der Waals surface area (Å²) < 4.78 is 12.6. The van der Waals surface area contributed by atoms with E-state index in [1.807, 2.05) is 0 Å². The second-order valence-corrected chi connectivity index (χ2v) is 4.23. The molecule has 0 spiro atoms. The Balaban J connectivity index is 2.25. The quantitative estimate of drug-likeness (QED) is 0.714. The number of nitrogens with two attached hydrogens (primary N) is 1. The topological polar surface area (TPSA) is 38.9 Å². The Morgan fingerprint density at radius 3 is 2.46 bits per heavy atom. The Morgan fingerprint density at radius 2 is 2.08 bits per heavy atom. The van der Waals surface area contributed by atoms with Crippen LogP contribution in [0.3, 0.4) is 0 Å².